The number of rotatable bonds is 6. The lowest BCUT2D eigenvalue weighted by molar-refractivity contribution is -0.151. The van der Waals surface area contributed by atoms with Crippen molar-refractivity contribution in [1.82, 2.24) is 5.32 Å². The minimum atomic E-state index is -0.781. The zero-order valence-electron chi connectivity index (χ0n) is 14.5. The molecule has 0 saturated heterocycles. The van der Waals surface area contributed by atoms with Gasteiger partial charge in [-0.2, -0.15) is 0 Å². The first-order chi connectivity index (χ1) is 11.5. The molecular weight excluding hydrogens is 306 g/mol. The number of ether oxygens (including phenoxy) is 1. The van der Waals surface area contributed by atoms with Gasteiger partial charge in [-0.05, 0) is 51.3 Å². The highest BCUT2D eigenvalue weighted by molar-refractivity contribution is 6.03. The van der Waals surface area contributed by atoms with E-state index >= 15 is 0 Å². The molecule has 130 valence electrons. The van der Waals surface area contributed by atoms with Gasteiger partial charge in [0.05, 0.1) is 6.61 Å². The van der Waals surface area contributed by atoms with Crippen LogP contribution in [-0.2, 0) is 16.0 Å². The maximum atomic E-state index is 12.1. The SMILES string of the molecule is CCOC(=O)C1(C)C=NC(=NCCCc2cccc(O)c2)NC1C. The number of hydrogen-bond donors (Lipinski definition) is 2. The summed E-state index contributed by atoms with van der Waals surface area (Å²) in [4.78, 5) is 20.8. The lowest BCUT2D eigenvalue weighted by atomic mass is 9.83. The molecule has 1 heterocycles. The molecule has 1 aliphatic rings. The first-order valence-corrected chi connectivity index (χ1v) is 8.27. The van der Waals surface area contributed by atoms with Crippen LogP contribution in [0.1, 0.15) is 32.8 Å². The molecule has 1 aliphatic heterocycles. The fourth-order valence-corrected chi connectivity index (χ4v) is 2.47. The number of aliphatic imine (C=N–C) groups is 2. The van der Waals surface area contributed by atoms with Crippen LogP contribution < -0.4 is 5.32 Å². The maximum Gasteiger partial charge on any atom is 0.319 e. The lowest BCUT2D eigenvalue weighted by Gasteiger charge is -2.33. The number of benzene rings is 1. The number of phenols is 1. The monoisotopic (exact) mass is 331 g/mol. The maximum absolute atomic E-state index is 12.1. The Kier molecular flexibility index (Phi) is 5.95. The summed E-state index contributed by atoms with van der Waals surface area (Å²) in [7, 11) is 0. The molecule has 0 saturated carbocycles. The average molecular weight is 331 g/mol. The van der Waals surface area contributed by atoms with E-state index in [0.29, 0.717) is 19.1 Å². The summed E-state index contributed by atoms with van der Waals surface area (Å²) in [6.07, 6.45) is 3.32. The van der Waals surface area contributed by atoms with Gasteiger partial charge in [0.2, 0.25) is 5.96 Å². The molecule has 0 spiro atoms. The Bertz CT molecular complexity index is 642. The first-order valence-electron chi connectivity index (χ1n) is 8.27. The molecule has 1 aromatic rings. The van der Waals surface area contributed by atoms with Crippen molar-refractivity contribution in [2.75, 3.05) is 13.2 Å². The van der Waals surface area contributed by atoms with Crippen LogP contribution in [0.3, 0.4) is 0 Å². The van der Waals surface area contributed by atoms with Crippen LogP contribution in [0.25, 0.3) is 0 Å². The smallest absolute Gasteiger partial charge is 0.319 e. The van der Waals surface area contributed by atoms with E-state index in [9.17, 15) is 9.90 Å². The predicted molar refractivity (Wildman–Crippen MR) is 94.6 cm³/mol. The van der Waals surface area contributed by atoms with Gasteiger partial charge in [0.1, 0.15) is 11.2 Å². The number of aryl methyl sites for hydroxylation is 1. The minimum Gasteiger partial charge on any atom is -0.508 e. The summed E-state index contributed by atoms with van der Waals surface area (Å²) in [6, 6.07) is 7.10. The predicted octanol–water partition coefficient (Wildman–Crippen LogP) is 2.31. The fraction of sp³-hybridized carbons (Fsp3) is 0.500. The van der Waals surface area contributed by atoms with Crippen molar-refractivity contribution >= 4 is 18.1 Å². The molecule has 2 rings (SSSR count). The van der Waals surface area contributed by atoms with Gasteiger partial charge in [0, 0.05) is 18.8 Å². The van der Waals surface area contributed by atoms with E-state index in [1.165, 1.54) is 0 Å². The number of carbonyl (C=O) groups is 1. The van der Waals surface area contributed by atoms with Crippen molar-refractivity contribution in [3.05, 3.63) is 29.8 Å². The number of carbonyl (C=O) groups excluding carboxylic acids is 1. The average Bonchev–Trinajstić information content (AvgIpc) is 2.55. The summed E-state index contributed by atoms with van der Waals surface area (Å²) in [5.41, 5.74) is 0.301. The normalized spacial score (nSPS) is 24.6. The molecule has 6 heteroatoms. The van der Waals surface area contributed by atoms with Gasteiger partial charge in [-0.15, -0.1) is 0 Å². The Morgan fingerprint density at radius 2 is 2.29 bits per heavy atom. The first kappa shape index (κ1) is 18.0. The number of esters is 1. The Hall–Kier alpha value is -2.37. The van der Waals surface area contributed by atoms with E-state index < -0.39 is 5.41 Å². The molecule has 2 atom stereocenters. The van der Waals surface area contributed by atoms with Crippen LogP contribution in [0.15, 0.2) is 34.3 Å². The van der Waals surface area contributed by atoms with E-state index in [4.69, 9.17) is 4.74 Å². The van der Waals surface area contributed by atoms with Gasteiger partial charge >= 0.3 is 5.97 Å². The Morgan fingerprint density at radius 1 is 1.50 bits per heavy atom. The van der Waals surface area contributed by atoms with E-state index in [1.807, 2.05) is 26.0 Å². The van der Waals surface area contributed by atoms with E-state index in [1.54, 1.807) is 25.3 Å². The minimum absolute atomic E-state index is 0.140. The van der Waals surface area contributed by atoms with Gasteiger partial charge < -0.3 is 15.2 Å². The summed E-state index contributed by atoms with van der Waals surface area (Å²) >= 11 is 0. The van der Waals surface area contributed by atoms with Crippen molar-refractivity contribution in [2.24, 2.45) is 15.4 Å². The molecule has 2 N–H and O–H groups in total. The van der Waals surface area contributed by atoms with Crippen LogP contribution in [0.5, 0.6) is 5.75 Å². The van der Waals surface area contributed by atoms with Crippen LogP contribution in [-0.4, -0.2) is 42.4 Å². The van der Waals surface area contributed by atoms with Crippen molar-refractivity contribution in [3.63, 3.8) is 0 Å². The number of nitrogens with one attached hydrogen (secondary N) is 1. The van der Waals surface area contributed by atoms with Gasteiger partial charge in [0.15, 0.2) is 0 Å². The van der Waals surface area contributed by atoms with Crippen molar-refractivity contribution < 1.29 is 14.6 Å². The van der Waals surface area contributed by atoms with Gasteiger partial charge in [-0.25, -0.2) is 4.99 Å². The second-order valence-corrected chi connectivity index (χ2v) is 6.11. The summed E-state index contributed by atoms with van der Waals surface area (Å²) < 4.78 is 5.12. The van der Waals surface area contributed by atoms with Crippen molar-refractivity contribution in [3.8, 4) is 5.75 Å². The molecule has 0 radical (unpaired) electrons. The molecule has 1 aromatic carbocycles. The number of hydrogen-bond acceptors (Lipinski definition) is 4. The third kappa shape index (κ3) is 4.34. The number of aromatic hydroxyl groups is 1. The fourth-order valence-electron chi connectivity index (χ4n) is 2.47. The highest BCUT2D eigenvalue weighted by Crippen LogP contribution is 2.24. The van der Waals surface area contributed by atoms with Crippen molar-refractivity contribution in [1.29, 1.82) is 0 Å². The third-order valence-corrected chi connectivity index (χ3v) is 4.21. The van der Waals surface area contributed by atoms with Crippen LogP contribution in [0.4, 0.5) is 0 Å². The molecule has 0 aliphatic carbocycles. The molecule has 2 unspecified atom stereocenters. The molecule has 0 fully saturated rings. The number of phenolic OH excluding ortho intramolecular Hbond substituents is 1. The molecule has 0 amide bonds. The van der Waals surface area contributed by atoms with E-state index in [0.717, 1.165) is 18.4 Å². The Balaban J connectivity index is 1.89. The highest BCUT2D eigenvalue weighted by atomic mass is 16.5. The number of nitrogens with zero attached hydrogens (tertiary/aromatic N) is 2. The molecule has 0 bridgehead atoms. The van der Waals surface area contributed by atoms with Gasteiger partial charge in [0.25, 0.3) is 0 Å². The third-order valence-electron chi connectivity index (χ3n) is 4.21. The molecule has 24 heavy (non-hydrogen) atoms. The van der Waals surface area contributed by atoms with Crippen LogP contribution in [0.2, 0.25) is 0 Å². The molecule has 0 aromatic heterocycles. The Labute approximate surface area is 142 Å². The second kappa shape index (κ2) is 7.95. The van der Waals surface area contributed by atoms with E-state index in [2.05, 4.69) is 15.3 Å². The molecular formula is C18H25N3O3. The number of guanidine groups is 1. The van der Waals surface area contributed by atoms with Gasteiger partial charge in [-0.3, -0.25) is 9.79 Å². The van der Waals surface area contributed by atoms with E-state index in [-0.39, 0.29) is 17.8 Å². The largest absolute Gasteiger partial charge is 0.508 e. The summed E-state index contributed by atoms with van der Waals surface area (Å²) in [5.74, 6) is 0.543. The highest BCUT2D eigenvalue weighted by Gasteiger charge is 2.41. The van der Waals surface area contributed by atoms with Crippen molar-refractivity contribution in [2.45, 2.75) is 39.7 Å². The molecule has 6 nitrogen and oxygen atoms in total. The lowest BCUT2D eigenvalue weighted by Crippen LogP contribution is -2.53. The summed E-state index contributed by atoms with van der Waals surface area (Å²) in [6.45, 7) is 6.50. The standard InChI is InChI=1S/C18H25N3O3/c1-4-24-16(23)18(3)12-20-17(21-13(18)2)19-10-6-8-14-7-5-9-15(22)11-14/h5,7,9,11-13,22H,4,6,8,10H2,1-3H3,(H,19,21). The zero-order chi connectivity index (χ0) is 17.6. The topological polar surface area (TPSA) is 83.3 Å². The van der Waals surface area contributed by atoms with Crippen LogP contribution in [0, 0.1) is 5.41 Å². The quantitative estimate of drug-likeness (QED) is 0.619. The van der Waals surface area contributed by atoms with Gasteiger partial charge in [-0.1, -0.05) is 12.1 Å². The van der Waals surface area contributed by atoms with Crippen LogP contribution >= 0.6 is 0 Å². The summed E-state index contributed by atoms with van der Waals surface area (Å²) in [5, 5.41) is 12.6. The Morgan fingerprint density at radius 3 is 2.96 bits per heavy atom. The zero-order valence-corrected chi connectivity index (χ0v) is 14.5. The second-order valence-electron chi connectivity index (χ2n) is 6.11.